The summed E-state index contributed by atoms with van der Waals surface area (Å²) < 4.78 is 16.2. The van der Waals surface area contributed by atoms with Crippen molar-refractivity contribution in [1.82, 2.24) is 10.5 Å². The van der Waals surface area contributed by atoms with Crippen LogP contribution in [0, 0.1) is 0 Å². The highest BCUT2D eigenvalue weighted by atomic mass is 32.1. The number of hydrogen-bond donors (Lipinski definition) is 1. The Balaban J connectivity index is 1.46. The third-order valence-corrected chi connectivity index (χ3v) is 6.03. The highest BCUT2D eigenvalue weighted by molar-refractivity contribution is 7.09. The van der Waals surface area contributed by atoms with Gasteiger partial charge in [-0.15, -0.1) is 11.3 Å². The van der Waals surface area contributed by atoms with Crippen molar-refractivity contribution in [1.29, 1.82) is 0 Å². The van der Waals surface area contributed by atoms with E-state index in [0.29, 0.717) is 29.5 Å². The maximum atomic E-state index is 12.8. The number of nitrogens with one attached hydrogen (secondary N) is 1. The smallest absolute Gasteiger partial charge is 0.232 e. The Bertz CT molecular complexity index is 961. The van der Waals surface area contributed by atoms with Gasteiger partial charge in [0, 0.05) is 23.1 Å². The average Bonchev–Trinajstić information content (AvgIpc) is 3.13. The predicted octanol–water partition coefficient (Wildman–Crippen LogP) is 3.81. The van der Waals surface area contributed by atoms with E-state index in [0.717, 1.165) is 24.8 Å². The van der Waals surface area contributed by atoms with Crippen molar-refractivity contribution in [2.45, 2.75) is 24.7 Å². The van der Waals surface area contributed by atoms with Crippen LogP contribution in [-0.4, -0.2) is 31.8 Å². The molecule has 2 aromatic heterocycles. The van der Waals surface area contributed by atoms with Crippen molar-refractivity contribution in [2.75, 3.05) is 20.8 Å². The van der Waals surface area contributed by atoms with Crippen LogP contribution in [0.15, 0.2) is 46.3 Å². The van der Waals surface area contributed by atoms with Crippen LogP contribution in [0.25, 0.3) is 11.3 Å². The van der Waals surface area contributed by atoms with Crippen molar-refractivity contribution in [2.24, 2.45) is 0 Å². The highest BCUT2D eigenvalue weighted by Gasteiger charge is 2.53. The molecule has 7 heteroatoms. The summed E-state index contributed by atoms with van der Waals surface area (Å²) in [7, 11) is 3.19. The summed E-state index contributed by atoms with van der Waals surface area (Å²) in [5.74, 6) is 1.89. The summed E-state index contributed by atoms with van der Waals surface area (Å²) in [6.07, 6.45) is 2.42. The number of rotatable bonds is 8. The van der Waals surface area contributed by atoms with Gasteiger partial charge in [0.25, 0.3) is 0 Å². The maximum absolute atomic E-state index is 12.8. The number of amides is 1. The molecule has 0 saturated heterocycles. The van der Waals surface area contributed by atoms with Crippen LogP contribution in [-0.2, 0) is 16.6 Å². The SMILES string of the molecule is COc1ccc(-c2cc(C3(C(=O)NCCc4cccs4)CC3)no2)cc1OC. The van der Waals surface area contributed by atoms with E-state index in [-0.39, 0.29) is 5.91 Å². The first-order valence-corrected chi connectivity index (χ1v) is 10.0. The summed E-state index contributed by atoms with van der Waals surface area (Å²) in [5, 5.41) is 9.30. The first-order valence-electron chi connectivity index (χ1n) is 9.16. The maximum Gasteiger partial charge on any atom is 0.232 e. The fraction of sp³-hybridized carbons (Fsp3) is 0.333. The van der Waals surface area contributed by atoms with Gasteiger partial charge in [0.1, 0.15) is 0 Å². The molecule has 0 unspecified atom stereocenters. The van der Waals surface area contributed by atoms with Crippen LogP contribution in [0.5, 0.6) is 11.5 Å². The Hall–Kier alpha value is -2.80. The molecule has 0 bridgehead atoms. The summed E-state index contributed by atoms with van der Waals surface area (Å²) in [4.78, 5) is 14.0. The number of methoxy groups -OCH3 is 2. The van der Waals surface area contributed by atoms with E-state index < -0.39 is 5.41 Å². The minimum absolute atomic E-state index is 0.0243. The molecule has 28 heavy (non-hydrogen) atoms. The van der Waals surface area contributed by atoms with Gasteiger partial charge in [0.15, 0.2) is 17.3 Å². The largest absolute Gasteiger partial charge is 0.493 e. The summed E-state index contributed by atoms with van der Waals surface area (Å²) >= 11 is 1.70. The van der Waals surface area contributed by atoms with E-state index in [4.69, 9.17) is 14.0 Å². The highest BCUT2D eigenvalue weighted by Crippen LogP contribution is 2.48. The second-order valence-electron chi connectivity index (χ2n) is 6.81. The molecule has 1 aromatic carbocycles. The van der Waals surface area contributed by atoms with Gasteiger partial charge in [0.2, 0.25) is 5.91 Å². The minimum Gasteiger partial charge on any atom is -0.493 e. The van der Waals surface area contributed by atoms with E-state index in [2.05, 4.69) is 16.5 Å². The van der Waals surface area contributed by atoms with Gasteiger partial charge in [0.05, 0.1) is 25.3 Å². The van der Waals surface area contributed by atoms with Gasteiger partial charge in [-0.3, -0.25) is 4.79 Å². The normalized spacial score (nSPS) is 14.5. The second-order valence-corrected chi connectivity index (χ2v) is 7.85. The predicted molar refractivity (Wildman–Crippen MR) is 107 cm³/mol. The Morgan fingerprint density at radius 2 is 2.04 bits per heavy atom. The van der Waals surface area contributed by atoms with Crippen molar-refractivity contribution >= 4 is 17.2 Å². The first kappa shape index (κ1) is 18.6. The monoisotopic (exact) mass is 398 g/mol. The number of ether oxygens (including phenoxy) is 2. The number of thiophene rings is 1. The number of aromatic nitrogens is 1. The van der Waals surface area contributed by atoms with E-state index in [1.807, 2.05) is 35.7 Å². The number of carbonyl (C=O) groups excluding carboxylic acids is 1. The molecule has 1 saturated carbocycles. The lowest BCUT2D eigenvalue weighted by Crippen LogP contribution is -2.36. The Labute approximate surface area is 167 Å². The zero-order valence-corrected chi connectivity index (χ0v) is 16.7. The zero-order valence-electron chi connectivity index (χ0n) is 15.9. The molecular formula is C21H22N2O4S. The molecule has 0 atom stereocenters. The molecule has 1 fully saturated rings. The van der Waals surface area contributed by atoms with Crippen LogP contribution in [0.1, 0.15) is 23.4 Å². The van der Waals surface area contributed by atoms with Gasteiger partial charge in [-0.25, -0.2) is 0 Å². The fourth-order valence-electron chi connectivity index (χ4n) is 3.27. The van der Waals surface area contributed by atoms with E-state index >= 15 is 0 Å². The molecule has 0 spiro atoms. The van der Waals surface area contributed by atoms with Gasteiger partial charge in [-0.2, -0.15) is 0 Å². The zero-order chi connectivity index (χ0) is 19.6. The van der Waals surface area contributed by atoms with E-state index in [1.54, 1.807) is 25.6 Å². The molecule has 3 aromatic rings. The molecule has 146 valence electrons. The summed E-state index contributed by atoms with van der Waals surface area (Å²) in [6, 6.07) is 11.5. The van der Waals surface area contributed by atoms with E-state index in [1.165, 1.54) is 4.88 Å². The lowest BCUT2D eigenvalue weighted by molar-refractivity contribution is -0.123. The molecule has 1 aliphatic rings. The van der Waals surface area contributed by atoms with Crippen molar-refractivity contribution < 1.29 is 18.8 Å². The third-order valence-electron chi connectivity index (χ3n) is 5.09. The number of carbonyl (C=O) groups is 1. The van der Waals surface area contributed by atoms with Crippen molar-refractivity contribution in [3.63, 3.8) is 0 Å². The van der Waals surface area contributed by atoms with Gasteiger partial charge < -0.3 is 19.3 Å². The number of nitrogens with zero attached hydrogens (tertiary/aromatic N) is 1. The van der Waals surface area contributed by atoms with Crippen molar-refractivity contribution in [3.8, 4) is 22.8 Å². The molecule has 1 aliphatic carbocycles. The van der Waals surface area contributed by atoms with Crippen LogP contribution in [0.2, 0.25) is 0 Å². The fourth-order valence-corrected chi connectivity index (χ4v) is 3.98. The molecule has 4 rings (SSSR count). The lowest BCUT2D eigenvalue weighted by atomic mass is 10.00. The van der Waals surface area contributed by atoms with E-state index in [9.17, 15) is 4.79 Å². The quantitative estimate of drug-likeness (QED) is 0.625. The molecular weight excluding hydrogens is 376 g/mol. The van der Waals surface area contributed by atoms with Crippen molar-refractivity contribution in [3.05, 3.63) is 52.3 Å². The lowest BCUT2D eigenvalue weighted by Gasteiger charge is -2.12. The average molecular weight is 398 g/mol. The number of benzene rings is 1. The van der Waals surface area contributed by atoms with Crippen LogP contribution < -0.4 is 14.8 Å². The third kappa shape index (κ3) is 3.49. The van der Waals surface area contributed by atoms with Crippen LogP contribution in [0.4, 0.5) is 0 Å². The first-order chi connectivity index (χ1) is 13.7. The molecule has 0 radical (unpaired) electrons. The Morgan fingerprint density at radius 1 is 1.21 bits per heavy atom. The van der Waals surface area contributed by atoms with Gasteiger partial charge in [-0.05, 0) is 48.9 Å². The molecule has 1 N–H and O–H groups in total. The Kier molecular flexibility index (Phi) is 5.09. The van der Waals surface area contributed by atoms with Gasteiger partial charge >= 0.3 is 0 Å². The Morgan fingerprint density at radius 3 is 2.71 bits per heavy atom. The molecule has 2 heterocycles. The topological polar surface area (TPSA) is 73.6 Å². The standard InChI is InChI=1S/C21H22N2O4S/c1-25-16-6-5-14(12-18(16)26-2)17-13-19(23-27-17)21(8-9-21)20(24)22-10-7-15-4-3-11-28-15/h3-6,11-13H,7-10H2,1-2H3,(H,22,24). The molecule has 1 amide bonds. The second kappa shape index (κ2) is 7.67. The van der Waals surface area contributed by atoms with Gasteiger partial charge in [-0.1, -0.05) is 11.2 Å². The minimum atomic E-state index is -0.562. The molecule has 0 aliphatic heterocycles. The number of hydrogen-bond acceptors (Lipinski definition) is 6. The van der Waals surface area contributed by atoms with Crippen LogP contribution >= 0.6 is 11.3 Å². The molecule has 6 nitrogen and oxygen atoms in total. The summed E-state index contributed by atoms with van der Waals surface area (Å²) in [5.41, 5.74) is 0.949. The van der Waals surface area contributed by atoms with Crippen LogP contribution in [0.3, 0.4) is 0 Å². The summed E-state index contributed by atoms with van der Waals surface area (Å²) in [6.45, 7) is 0.626.